The molecule has 36 heavy (non-hydrogen) atoms. The van der Waals surface area contributed by atoms with E-state index in [0.29, 0.717) is 26.4 Å². The Morgan fingerprint density at radius 2 is 0.528 bits per heavy atom. The molecule has 0 spiro atoms. The van der Waals surface area contributed by atoms with E-state index in [0.717, 1.165) is 51.4 Å². The van der Waals surface area contributed by atoms with Gasteiger partial charge >= 0.3 is 0 Å². The van der Waals surface area contributed by atoms with Crippen LogP contribution in [0.25, 0.3) is 0 Å². The average Bonchev–Trinajstić information content (AvgIpc) is 2.69. The van der Waals surface area contributed by atoms with Crippen LogP contribution in [0.4, 0.5) is 0 Å². The van der Waals surface area contributed by atoms with Gasteiger partial charge in [-0.15, -0.1) is 0 Å². The first-order valence-corrected chi connectivity index (χ1v) is 14.6. The first-order chi connectivity index (χ1) is 15.1. The van der Waals surface area contributed by atoms with Crippen molar-refractivity contribution in [3.05, 3.63) is 0 Å². The number of hydrogen-bond acceptors (Lipinski definition) is 14. The number of thiol groups is 2. The van der Waals surface area contributed by atoms with Gasteiger partial charge in [0.1, 0.15) is 0 Å². The van der Waals surface area contributed by atoms with E-state index in [4.69, 9.17) is 18.9 Å². The van der Waals surface area contributed by atoms with Crippen LogP contribution in [0.2, 0.25) is 0 Å². The molecule has 0 aliphatic rings. The third kappa shape index (κ3) is 90.2. The molecule has 0 unspecified atom stereocenters. The molecule has 0 aromatic carbocycles. The van der Waals surface area contributed by atoms with Crippen molar-refractivity contribution >= 4 is 128 Å². The normalized spacial score (nSPS) is 9.33. The van der Waals surface area contributed by atoms with Crippen molar-refractivity contribution in [3.8, 4) is 0 Å². The first-order valence-electron chi connectivity index (χ1n) is 10.8. The number of rotatable bonds is 16. The SMILES string of the molecule is CCCCOC([S-])[S-].CCCCOC([S-])[S-].CCCCOC([S-])[S-].CCCCOC([S-])[S-].[Re].[Re].[SH-].[SH-]. The molecule has 0 amide bonds. The topological polar surface area (TPSA) is 36.9 Å². The third-order valence-electron chi connectivity index (χ3n) is 3.01. The van der Waals surface area contributed by atoms with Crippen molar-refractivity contribution in [2.24, 2.45) is 0 Å². The van der Waals surface area contributed by atoms with Crippen molar-refractivity contribution < 1.29 is 59.8 Å². The van der Waals surface area contributed by atoms with Crippen molar-refractivity contribution in [1.82, 2.24) is 0 Å². The van der Waals surface area contributed by atoms with E-state index < -0.39 is 19.1 Å². The molecule has 0 heterocycles. The monoisotopic (exact) mass is 1040 g/mol. The molecule has 2 radical (unpaired) electrons. The van der Waals surface area contributed by atoms with Crippen LogP contribution in [0.1, 0.15) is 79.1 Å². The number of unbranched alkanes of at least 4 members (excludes halogenated alkanes) is 4. The van der Waals surface area contributed by atoms with Crippen molar-refractivity contribution in [3.63, 3.8) is 0 Å². The number of ether oxygens (including phenoxy) is 4. The summed E-state index contributed by atoms with van der Waals surface area (Å²) in [7, 11) is 0. The molecule has 16 heteroatoms. The van der Waals surface area contributed by atoms with Gasteiger partial charge in [-0.1, -0.05) is 53.4 Å². The fourth-order valence-corrected chi connectivity index (χ4v) is 2.07. The summed E-state index contributed by atoms with van der Waals surface area (Å²) in [4.78, 5) is 0. The summed E-state index contributed by atoms with van der Waals surface area (Å²) in [6.07, 6.45) is 8.78. The van der Waals surface area contributed by atoms with Gasteiger partial charge in [0, 0.05) is 67.3 Å². The fraction of sp³-hybridized carbons (Fsp3) is 1.00. The van der Waals surface area contributed by atoms with Gasteiger partial charge in [0.05, 0.1) is 0 Å². The predicted molar refractivity (Wildman–Crippen MR) is 175 cm³/mol. The molecular formula is C20H42O4Re2S10-10. The maximum absolute atomic E-state index is 4.91. The Bertz CT molecular complexity index is 262. The summed E-state index contributed by atoms with van der Waals surface area (Å²) in [6.45, 7) is 11.3. The van der Waals surface area contributed by atoms with Crippen LogP contribution in [0.3, 0.4) is 0 Å². The minimum atomic E-state index is -0.429. The summed E-state index contributed by atoms with van der Waals surface area (Å²) in [6, 6.07) is 0. The zero-order chi connectivity index (χ0) is 25.6. The molecule has 4 nitrogen and oxygen atoms in total. The Hall–Kier alpha value is 4.66. The third-order valence-corrected chi connectivity index (χ3v) is 4.10. The van der Waals surface area contributed by atoms with Crippen molar-refractivity contribution in [1.29, 1.82) is 0 Å². The van der Waals surface area contributed by atoms with Crippen LogP contribution in [0.15, 0.2) is 0 Å². The molecule has 0 aromatic heterocycles. The second kappa shape index (κ2) is 55.6. The Balaban J connectivity index is -0.0000000467. The van der Waals surface area contributed by atoms with Crippen molar-refractivity contribution in [2.75, 3.05) is 26.4 Å². The van der Waals surface area contributed by atoms with E-state index >= 15 is 0 Å². The average molecular weight is 1040 g/mol. The zero-order valence-electron chi connectivity index (χ0n) is 21.3. The maximum Gasteiger partial charge on any atom is 0.0417 e. The Labute approximate surface area is 308 Å². The van der Waals surface area contributed by atoms with E-state index in [-0.39, 0.29) is 67.8 Å². The maximum atomic E-state index is 4.91. The molecular weight excluding hydrogens is 997 g/mol. The van der Waals surface area contributed by atoms with Gasteiger partial charge in [-0.25, -0.2) is 0 Å². The number of hydrogen-bond donors (Lipinski definition) is 0. The summed E-state index contributed by atoms with van der Waals surface area (Å²) in [5, 5.41) is 0. The van der Waals surface area contributed by atoms with Gasteiger partial charge in [-0.05, 0) is 25.7 Å². The van der Waals surface area contributed by atoms with Gasteiger partial charge in [-0.2, -0.15) is 19.1 Å². The Morgan fingerprint density at radius 1 is 0.389 bits per heavy atom. The smallest absolute Gasteiger partial charge is 0.0417 e. The van der Waals surface area contributed by atoms with Crippen LogP contribution in [0.5, 0.6) is 0 Å². The van der Waals surface area contributed by atoms with E-state index in [1.165, 1.54) is 0 Å². The van der Waals surface area contributed by atoms with Gasteiger partial charge in [0.15, 0.2) is 0 Å². The predicted octanol–water partition coefficient (Wildman–Crippen LogP) is 4.18. The molecule has 0 saturated carbocycles. The van der Waals surface area contributed by atoms with Crippen LogP contribution in [0, 0.1) is 0 Å². The molecule has 0 aliphatic heterocycles. The van der Waals surface area contributed by atoms with Gasteiger partial charge in [0.2, 0.25) is 0 Å². The van der Waals surface area contributed by atoms with E-state index in [9.17, 15) is 0 Å². The van der Waals surface area contributed by atoms with E-state index in [1.807, 2.05) is 0 Å². The fourth-order valence-electron chi connectivity index (χ4n) is 1.30. The molecule has 0 fully saturated rings. The molecule has 0 atom stereocenters. The quantitative estimate of drug-likeness (QED) is 0.126. The Kier molecular flexibility index (Phi) is 92.6. The summed E-state index contributed by atoms with van der Waals surface area (Å²) < 4.78 is 17.9. The molecule has 230 valence electrons. The second-order valence-electron chi connectivity index (χ2n) is 6.05. The molecule has 0 rings (SSSR count). The van der Waals surface area contributed by atoms with Gasteiger partial charge in [-0.3, -0.25) is 0 Å². The van der Waals surface area contributed by atoms with Crippen LogP contribution in [-0.2, 0) is 188 Å². The first kappa shape index (κ1) is 60.0. The second-order valence-corrected chi connectivity index (χ2v) is 10.7. The molecule has 0 saturated heterocycles. The van der Waals surface area contributed by atoms with Crippen molar-refractivity contribution in [2.45, 2.75) is 98.1 Å². The molecule has 0 aromatic rings. The standard InChI is InChI=1S/4C5H12OS2.2Re.2H2S/c4*1-2-3-4-6-5(7)8;;;;/h4*5,7-8H,2-4H2,1H3;;;2*1H2/p-10. The summed E-state index contributed by atoms with van der Waals surface area (Å²) in [5.41, 5.74) is 0. The Morgan fingerprint density at radius 3 is 0.611 bits per heavy atom. The van der Waals surface area contributed by atoms with Crippen LogP contribution >= 0.6 is 0 Å². The summed E-state index contributed by atoms with van der Waals surface area (Å²) in [5.74, 6) is 0. The molecule has 0 bridgehead atoms. The zero-order valence-corrected chi connectivity index (χ0v) is 35.1. The molecule has 0 aliphatic carbocycles. The summed E-state index contributed by atoms with van der Waals surface area (Å²) >= 11 is 36.7. The minimum absolute atomic E-state index is 0. The van der Waals surface area contributed by atoms with Crippen LogP contribution < -0.4 is 0 Å². The minimum Gasteiger partial charge on any atom is -0.813 e. The van der Waals surface area contributed by atoms with Gasteiger partial charge in [0.25, 0.3) is 0 Å². The van der Waals surface area contributed by atoms with Gasteiger partial charge < -0.3 is 147 Å². The largest absolute Gasteiger partial charge is 0.813 e. The van der Waals surface area contributed by atoms with E-state index in [1.54, 1.807) is 0 Å². The molecule has 0 N–H and O–H groups in total. The van der Waals surface area contributed by atoms with Crippen LogP contribution in [-0.4, -0.2) is 45.5 Å². The van der Waals surface area contributed by atoms with E-state index in [2.05, 4.69) is 129 Å².